The fourth-order valence-electron chi connectivity index (χ4n) is 2.38. The number of hydrogen-bond donors (Lipinski definition) is 1. The summed E-state index contributed by atoms with van der Waals surface area (Å²) in [5.41, 5.74) is 6.46. The Hall–Kier alpha value is -1.65. The maximum absolute atomic E-state index is 13.3. The molecule has 2 aliphatic rings. The van der Waals surface area contributed by atoms with Crippen LogP contribution in [-0.4, -0.2) is 23.9 Å². The fourth-order valence-corrected chi connectivity index (χ4v) is 2.38. The second-order valence-corrected chi connectivity index (χ2v) is 5.01. The number of nitrogens with zero attached hydrogens (tertiary/aromatic N) is 2. The molecule has 3 rings (SSSR count). The van der Waals surface area contributed by atoms with Gasteiger partial charge in [-0.1, -0.05) is 0 Å². The number of halogens is 2. The first-order chi connectivity index (χ1) is 8.63. The van der Waals surface area contributed by atoms with Gasteiger partial charge in [-0.05, 0) is 36.5 Å². The molecule has 1 aliphatic carbocycles. The number of rotatable bonds is 3. The van der Waals surface area contributed by atoms with Gasteiger partial charge in [0.1, 0.15) is 11.6 Å². The third kappa shape index (κ3) is 2.17. The first kappa shape index (κ1) is 11.4. The molecule has 1 aromatic carbocycles. The lowest BCUT2D eigenvalue weighted by Gasteiger charge is -2.26. The lowest BCUT2D eigenvalue weighted by atomic mass is 10.1. The highest BCUT2D eigenvalue weighted by Gasteiger charge is 2.33. The van der Waals surface area contributed by atoms with Crippen molar-refractivity contribution < 1.29 is 8.78 Å². The van der Waals surface area contributed by atoms with E-state index in [1.807, 2.05) is 4.90 Å². The van der Waals surface area contributed by atoms with E-state index in [4.69, 9.17) is 5.73 Å². The topological polar surface area (TPSA) is 41.6 Å². The van der Waals surface area contributed by atoms with Crippen molar-refractivity contribution in [2.75, 3.05) is 13.1 Å². The summed E-state index contributed by atoms with van der Waals surface area (Å²) in [4.78, 5) is 6.16. The molecule has 1 heterocycles. The summed E-state index contributed by atoms with van der Waals surface area (Å²) >= 11 is 0. The molecule has 1 aliphatic heterocycles. The van der Waals surface area contributed by atoms with Crippen LogP contribution in [0.5, 0.6) is 0 Å². The Kier molecular flexibility index (Phi) is 2.69. The van der Waals surface area contributed by atoms with E-state index in [0.717, 1.165) is 12.6 Å². The van der Waals surface area contributed by atoms with E-state index < -0.39 is 11.6 Å². The van der Waals surface area contributed by atoms with Crippen LogP contribution in [0.3, 0.4) is 0 Å². The average Bonchev–Trinajstić information content (AvgIpc) is 3.03. The molecule has 1 unspecified atom stereocenters. The molecule has 0 saturated heterocycles. The SMILES string of the molecule is NC1=NCC(c2cc(F)cc(F)c2)N1CC1CC1. The van der Waals surface area contributed by atoms with Gasteiger partial charge in [0.05, 0.1) is 12.6 Å². The number of guanidine groups is 1. The van der Waals surface area contributed by atoms with E-state index in [2.05, 4.69) is 4.99 Å². The second kappa shape index (κ2) is 4.23. The molecule has 96 valence electrons. The zero-order chi connectivity index (χ0) is 12.7. The molecule has 0 bridgehead atoms. The Labute approximate surface area is 104 Å². The Balaban J connectivity index is 1.85. The molecule has 5 heteroatoms. The molecule has 1 fully saturated rings. The van der Waals surface area contributed by atoms with E-state index in [1.54, 1.807) is 0 Å². The van der Waals surface area contributed by atoms with Crippen molar-refractivity contribution in [1.29, 1.82) is 0 Å². The number of aliphatic imine (C=N–C) groups is 1. The molecule has 2 N–H and O–H groups in total. The molecule has 3 nitrogen and oxygen atoms in total. The Morgan fingerprint density at radius 2 is 1.89 bits per heavy atom. The molecule has 0 radical (unpaired) electrons. The Morgan fingerprint density at radius 3 is 2.50 bits per heavy atom. The lowest BCUT2D eigenvalue weighted by molar-refractivity contribution is 0.332. The van der Waals surface area contributed by atoms with Crippen LogP contribution in [-0.2, 0) is 0 Å². The lowest BCUT2D eigenvalue weighted by Crippen LogP contribution is -2.37. The normalized spacial score (nSPS) is 23.3. The van der Waals surface area contributed by atoms with Gasteiger partial charge in [0, 0.05) is 12.6 Å². The molecule has 18 heavy (non-hydrogen) atoms. The predicted octanol–water partition coefficient (Wildman–Crippen LogP) is 2.05. The van der Waals surface area contributed by atoms with Crippen molar-refractivity contribution in [3.8, 4) is 0 Å². The van der Waals surface area contributed by atoms with Crippen LogP contribution < -0.4 is 5.73 Å². The highest BCUT2D eigenvalue weighted by atomic mass is 19.1. The van der Waals surface area contributed by atoms with Gasteiger partial charge in [-0.2, -0.15) is 0 Å². The highest BCUT2D eigenvalue weighted by Crippen LogP contribution is 2.34. The standard InChI is InChI=1S/C13H15F2N3/c14-10-3-9(4-11(15)5-10)12-6-17-13(16)18(12)7-8-1-2-8/h3-5,8,12H,1-2,6-7H2,(H2,16,17). The molecular formula is C13H15F2N3. The minimum Gasteiger partial charge on any atom is -0.370 e. The average molecular weight is 251 g/mol. The van der Waals surface area contributed by atoms with Gasteiger partial charge in [-0.25, -0.2) is 8.78 Å². The summed E-state index contributed by atoms with van der Waals surface area (Å²) in [6.45, 7) is 1.31. The van der Waals surface area contributed by atoms with Crippen molar-refractivity contribution in [3.05, 3.63) is 35.4 Å². The molecule has 1 atom stereocenters. The van der Waals surface area contributed by atoms with Crippen LogP contribution in [0.2, 0.25) is 0 Å². The van der Waals surface area contributed by atoms with E-state index in [-0.39, 0.29) is 6.04 Å². The smallest absolute Gasteiger partial charge is 0.191 e. The second-order valence-electron chi connectivity index (χ2n) is 5.01. The summed E-state index contributed by atoms with van der Waals surface area (Å²) in [6.07, 6.45) is 2.40. The van der Waals surface area contributed by atoms with Crippen LogP contribution in [0.1, 0.15) is 24.4 Å². The van der Waals surface area contributed by atoms with Crippen LogP contribution >= 0.6 is 0 Å². The zero-order valence-corrected chi connectivity index (χ0v) is 9.94. The maximum atomic E-state index is 13.3. The summed E-state index contributed by atoms with van der Waals surface area (Å²) < 4.78 is 26.5. The monoisotopic (exact) mass is 251 g/mol. The van der Waals surface area contributed by atoms with Crippen LogP contribution in [0.4, 0.5) is 8.78 Å². The Bertz CT molecular complexity index is 477. The molecule has 0 amide bonds. The van der Waals surface area contributed by atoms with Gasteiger partial charge in [-0.3, -0.25) is 4.99 Å². The van der Waals surface area contributed by atoms with E-state index in [1.165, 1.54) is 25.0 Å². The van der Waals surface area contributed by atoms with Crippen molar-refractivity contribution in [3.63, 3.8) is 0 Å². The van der Waals surface area contributed by atoms with Gasteiger partial charge in [-0.15, -0.1) is 0 Å². The minimum absolute atomic E-state index is 0.129. The number of nitrogens with two attached hydrogens (primary N) is 1. The van der Waals surface area contributed by atoms with E-state index in [0.29, 0.717) is 24.0 Å². The quantitative estimate of drug-likeness (QED) is 0.893. The van der Waals surface area contributed by atoms with Crippen molar-refractivity contribution in [2.24, 2.45) is 16.6 Å². The van der Waals surface area contributed by atoms with Gasteiger partial charge in [0.25, 0.3) is 0 Å². The number of benzene rings is 1. The van der Waals surface area contributed by atoms with Gasteiger partial charge in [0.2, 0.25) is 0 Å². The summed E-state index contributed by atoms with van der Waals surface area (Å²) in [5.74, 6) is 0.0259. The van der Waals surface area contributed by atoms with Crippen molar-refractivity contribution >= 4 is 5.96 Å². The fraction of sp³-hybridized carbons (Fsp3) is 0.462. The van der Waals surface area contributed by atoms with Gasteiger partial charge < -0.3 is 10.6 Å². The third-order valence-corrected chi connectivity index (χ3v) is 3.52. The molecule has 0 aromatic heterocycles. The van der Waals surface area contributed by atoms with Crippen LogP contribution in [0.15, 0.2) is 23.2 Å². The first-order valence-corrected chi connectivity index (χ1v) is 6.16. The third-order valence-electron chi connectivity index (χ3n) is 3.52. The zero-order valence-electron chi connectivity index (χ0n) is 9.94. The van der Waals surface area contributed by atoms with Crippen LogP contribution in [0.25, 0.3) is 0 Å². The van der Waals surface area contributed by atoms with Crippen molar-refractivity contribution in [1.82, 2.24) is 4.90 Å². The summed E-state index contributed by atoms with van der Waals surface area (Å²) in [6, 6.07) is 3.48. The van der Waals surface area contributed by atoms with Gasteiger partial charge in [0.15, 0.2) is 5.96 Å². The van der Waals surface area contributed by atoms with Gasteiger partial charge >= 0.3 is 0 Å². The molecule has 1 aromatic rings. The molecular weight excluding hydrogens is 236 g/mol. The number of hydrogen-bond acceptors (Lipinski definition) is 3. The summed E-state index contributed by atoms with van der Waals surface area (Å²) in [7, 11) is 0. The van der Waals surface area contributed by atoms with Crippen LogP contribution in [0, 0.1) is 17.6 Å². The Morgan fingerprint density at radius 1 is 1.22 bits per heavy atom. The predicted molar refractivity (Wildman–Crippen MR) is 65.0 cm³/mol. The first-order valence-electron chi connectivity index (χ1n) is 6.16. The summed E-state index contributed by atoms with van der Waals surface area (Å²) in [5, 5.41) is 0. The molecule has 0 spiro atoms. The maximum Gasteiger partial charge on any atom is 0.191 e. The highest BCUT2D eigenvalue weighted by molar-refractivity contribution is 5.80. The minimum atomic E-state index is -0.554. The molecule has 1 saturated carbocycles. The van der Waals surface area contributed by atoms with E-state index >= 15 is 0 Å². The van der Waals surface area contributed by atoms with Crippen molar-refractivity contribution in [2.45, 2.75) is 18.9 Å². The van der Waals surface area contributed by atoms with E-state index in [9.17, 15) is 8.78 Å². The largest absolute Gasteiger partial charge is 0.370 e.